The normalized spacial score (nSPS) is 11.6. The molecule has 1 aromatic heterocycles. The topological polar surface area (TPSA) is 109 Å². The van der Waals surface area contributed by atoms with Gasteiger partial charge in [-0.25, -0.2) is 0 Å². The molecule has 0 fully saturated rings. The number of amides is 1. The molecule has 0 spiro atoms. The van der Waals surface area contributed by atoms with E-state index in [0.717, 1.165) is 0 Å². The molecular formula is C16H14Cl2N2O5. The number of hydrogen-bond donors (Lipinski definition) is 3. The molecule has 0 saturated carbocycles. The Balaban J connectivity index is 2.14. The van der Waals surface area contributed by atoms with Crippen molar-refractivity contribution in [2.24, 2.45) is 0 Å². The summed E-state index contributed by atoms with van der Waals surface area (Å²) in [6.07, 6.45) is 0.437. The highest BCUT2D eigenvalue weighted by Crippen LogP contribution is 2.34. The molecule has 0 aliphatic heterocycles. The van der Waals surface area contributed by atoms with Crippen LogP contribution < -0.4 is 10.1 Å². The van der Waals surface area contributed by atoms with Gasteiger partial charge in [-0.15, -0.1) is 0 Å². The van der Waals surface area contributed by atoms with E-state index in [1.165, 1.54) is 31.3 Å². The third-order valence-corrected chi connectivity index (χ3v) is 3.62. The summed E-state index contributed by atoms with van der Waals surface area (Å²) in [5, 5.41) is 21.5. The van der Waals surface area contributed by atoms with Crippen LogP contribution in [-0.2, 0) is 9.59 Å². The van der Waals surface area contributed by atoms with E-state index in [4.69, 9.17) is 33.0 Å². The van der Waals surface area contributed by atoms with Crippen molar-refractivity contribution in [2.75, 3.05) is 6.54 Å². The fourth-order valence-electron chi connectivity index (χ4n) is 1.94. The first-order valence-electron chi connectivity index (χ1n) is 7.08. The number of carboxylic acids is 1. The van der Waals surface area contributed by atoms with Crippen molar-refractivity contribution in [2.45, 2.75) is 13.0 Å². The van der Waals surface area contributed by atoms with E-state index in [1.807, 2.05) is 0 Å². The second-order valence-corrected chi connectivity index (χ2v) is 5.88. The second-order valence-electron chi connectivity index (χ2n) is 5.04. The van der Waals surface area contributed by atoms with Gasteiger partial charge in [0.2, 0.25) is 0 Å². The van der Waals surface area contributed by atoms with Gasteiger partial charge in [0.15, 0.2) is 17.6 Å². The van der Waals surface area contributed by atoms with Gasteiger partial charge in [0.05, 0.1) is 15.7 Å². The molecule has 1 heterocycles. The maximum Gasteiger partial charge on any atom is 0.322 e. The number of nitrogens with zero attached hydrogens (tertiary/aromatic N) is 1. The van der Waals surface area contributed by atoms with Crippen molar-refractivity contribution in [1.29, 1.82) is 0 Å². The molecular weight excluding hydrogens is 371 g/mol. The number of aromatic hydroxyl groups is 1. The van der Waals surface area contributed by atoms with Gasteiger partial charge < -0.3 is 20.3 Å². The summed E-state index contributed by atoms with van der Waals surface area (Å²) >= 11 is 11.9. The Morgan fingerprint density at radius 3 is 2.64 bits per heavy atom. The average Bonchev–Trinajstić information content (AvgIpc) is 2.54. The van der Waals surface area contributed by atoms with Crippen LogP contribution in [0.15, 0.2) is 30.5 Å². The number of aliphatic carboxylic acids is 1. The van der Waals surface area contributed by atoms with Crippen molar-refractivity contribution in [3.63, 3.8) is 0 Å². The summed E-state index contributed by atoms with van der Waals surface area (Å²) < 4.78 is 5.35. The van der Waals surface area contributed by atoms with E-state index in [1.54, 1.807) is 6.07 Å². The number of phenolic OH excluding ortho intramolecular Hbond substituents is 1. The fourth-order valence-corrected chi connectivity index (χ4v) is 2.43. The molecule has 2 aromatic rings. The number of benzene rings is 1. The van der Waals surface area contributed by atoms with Crippen molar-refractivity contribution >= 4 is 35.1 Å². The van der Waals surface area contributed by atoms with E-state index in [-0.39, 0.29) is 11.5 Å². The highest BCUT2D eigenvalue weighted by atomic mass is 35.5. The molecule has 0 saturated heterocycles. The van der Waals surface area contributed by atoms with Crippen LogP contribution in [-0.4, -0.2) is 39.7 Å². The maximum atomic E-state index is 11.7. The highest BCUT2D eigenvalue weighted by molar-refractivity contribution is 6.36. The molecule has 132 valence electrons. The number of carboxylic acid groups (broad SMARTS) is 1. The summed E-state index contributed by atoms with van der Waals surface area (Å²) in [5.41, 5.74) is 0.967. The van der Waals surface area contributed by atoms with Crippen molar-refractivity contribution in [1.82, 2.24) is 10.3 Å². The summed E-state index contributed by atoms with van der Waals surface area (Å²) in [5.74, 6) is -1.94. The Labute approximate surface area is 153 Å². The predicted octanol–water partition coefficient (Wildman–Crippen LogP) is 2.73. The van der Waals surface area contributed by atoms with Crippen molar-refractivity contribution in [3.8, 4) is 22.8 Å². The zero-order valence-corrected chi connectivity index (χ0v) is 14.5. The fraction of sp³-hybridized carbons (Fsp3) is 0.188. The molecule has 3 N–H and O–H groups in total. The quantitative estimate of drug-likeness (QED) is 0.706. The van der Waals surface area contributed by atoms with Crippen LogP contribution in [0.25, 0.3) is 11.3 Å². The van der Waals surface area contributed by atoms with Crippen LogP contribution in [0.1, 0.15) is 6.92 Å². The van der Waals surface area contributed by atoms with E-state index in [2.05, 4.69) is 10.3 Å². The lowest BCUT2D eigenvalue weighted by Crippen LogP contribution is -2.39. The van der Waals surface area contributed by atoms with Gasteiger partial charge in [0.25, 0.3) is 5.91 Å². The van der Waals surface area contributed by atoms with Gasteiger partial charge in [-0.2, -0.15) is 0 Å². The number of rotatable bonds is 6. The van der Waals surface area contributed by atoms with E-state index < -0.39 is 24.5 Å². The van der Waals surface area contributed by atoms with E-state index in [0.29, 0.717) is 21.3 Å². The minimum Gasteiger partial charge on any atom is -0.504 e. The molecule has 25 heavy (non-hydrogen) atoms. The van der Waals surface area contributed by atoms with Gasteiger partial charge in [0.1, 0.15) is 6.54 Å². The van der Waals surface area contributed by atoms with Crippen molar-refractivity contribution < 1.29 is 24.5 Å². The number of phenols is 1. The van der Waals surface area contributed by atoms with Crippen LogP contribution in [0.3, 0.4) is 0 Å². The third-order valence-electron chi connectivity index (χ3n) is 3.13. The van der Waals surface area contributed by atoms with Crippen LogP contribution in [0, 0.1) is 0 Å². The van der Waals surface area contributed by atoms with Crippen LogP contribution in [0.4, 0.5) is 0 Å². The third kappa shape index (κ3) is 4.98. The predicted molar refractivity (Wildman–Crippen MR) is 92.1 cm³/mol. The summed E-state index contributed by atoms with van der Waals surface area (Å²) in [4.78, 5) is 26.3. The molecule has 7 nitrogen and oxygen atoms in total. The lowest BCUT2D eigenvalue weighted by atomic mass is 10.1. The molecule has 1 amide bonds. The minimum atomic E-state index is -1.17. The maximum absolute atomic E-state index is 11.7. The Bertz CT molecular complexity index is 813. The molecule has 1 aromatic carbocycles. The first-order valence-corrected chi connectivity index (χ1v) is 7.84. The minimum absolute atomic E-state index is 0.0619. The Morgan fingerprint density at radius 1 is 1.32 bits per heavy atom. The number of hydrogen-bond acceptors (Lipinski definition) is 5. The number of halogens is 2. The highest BCUT2D eigenvalue weighted by Gasteiger charge is 2.18. The standard InChI is InChI=1S/C16H14Cl2N2O5/c1-8(16(24)20-7-14(22)23)25-13-3-2-9(4-12(13)21)15-11(18)5-10(17)6-19-15/h2-6,8,21H,7H2,1H3,(H,20,24)(H,22,23). The molecule has 1 unspecified atom stereocenters. The summed E-state index contributed by atoms with van der Waals surface area (Å²) in [6, 6.07) is 5.98. The summed E-state index contributed by atoms with van der Waals surface area (Å²) in [6.45, 7) is 0.917. The summed E-state index contributed by atoms with van der Waals surface area (Å²) in [7, 11) is 0. The molecule has 2 rings (SSSR count). The number of ether oxygens (including phenoxy) is 1. The number of aromatic nitrogens is 1. The van der Waals surface area contributed by atoms with Gasteiger partial charge in [0, 0.05) is 11.8 Å². The zero-order chi connectivity index (χ0) is 18.6. The van der Waals surface area contributed by atoms with Gasteiger partial charge in [-0.1, -0.05) is 23.2 Å². The monoisotopic (exact) mass is 384 g/mol. The van der Waals surface area contributed by atoms with Crippen molar-refractivity contribution in [3.05, 3.63) is 40.5 Å². The SMILES string of the molecule is CC(Oc1ccc(-c2ncc(Cl)cc2Cl)cc1O)C(=O)NCC(=O)O. The molecule has 0 radical (unpaired) electrons. The number of pyridine rings is 1. The number of carbonyl (C=O) groups excluding carboxylic acids is 1. The molecule has 0 aliphatic carbocycles. The zero-order valence-electron chi connectivity index (χ0n) is 13.0. The molecule has 0 aliphatic rings. The van der Waals surface area contributed by atoms with Gasteiger partial charge in [-0.3, -0.25) is 14.6 Å². The lowest BCUT2D eigenvalue weighted by Gasteiger charge is -2.15. The molecule has 0 bridgehead atoms. The first kappa shape index (κ1) is 18.8. The second kappa shape index (κ2) is 8.04. The van der Waals surface area contributed by atoms with Crippen LogP contribution in [0.2, 0.25) is 10.0 Å². The largest absolute Gasteiger partial charge is 0.504 e. The van der Waals surface area contributed by atoms with Gasteiger partial charge >= 0.3 is 5.97 Å². The first-order chi connectivity index (χ1) is 11.8. The van der Waals surface area contributed by atoms with Gasteiger partial charge in [-0.05, 0) is 31.2 Å². The smallest absolute Gasteiger partial charge is 0.322 e. The average molecular weight is 385 g/mol. The Kier molecular flexibility index (Phi) is 6.06. The Morgan fingerprint density at radius 2 is 2.04 bits per heavy atom. The number of nitrogens with one attached hydrogen (secondary N) is 1. The van der Waals surface area contributed by atoms with E-state index >= 15 is 0 Å². The Hall–Kier alpha value is -2.51. The lowest BCUT2D eigenvalue weighted by molar-refractivity contribution is -0.139. The molecule has 9 heteroatoms. The van der Waals surface area contributed by atoms with E-state index in [9.17, 15) is 14.7 Å². The molecule has 1 atom stereocenters. The van der Waals surface area contributed by atoms with Crippen LogP contribution in [0.5, 0.6) is 11.5 Å². The van der Waals surface area contributed by atoms with Crippen LogP contribution >= 0.6 is 23.2 Å². The number of carbonyl (C=O) groups is 2.